The van der Waals surface area contributed by atoms with E-state index in [0.717, 1.165) is 24.1 Å². The van der Waals surface area contributed by atoms with Gasteiger partial charge in [-0.05, 0) is 83.6 Å². The zero-order chi connectivity index (χ0) is 24.3. The van der Waals surface area contributed by atoms with Crippen molar-refractivity contribution in [3.8, 4) is 0 Å². The van der Waals surface area contributed by atoms with Crippen molar-refractivity contribution >= 4 is 39.9 Å². The van der Waals surface area contributed by atoms with E-state index in [1.807, 2.05) is 34.7 Å². The lowest BCUT2D eigenvalue weighted by atomic mass is 9.92. The van der Waals surface area contributed by atoms with Crippen molar-refractivity contribution in [2.45, 2.75) is 12.0 Å². The van der Waals surface area contributed by atoms with Crippen LogP contribution in [0.3, 0.4) is 0 Å². The number of nitrogens with zero attached hydrogens (tertiary/aromatic N) is 2. The molecule has 34 heavy (non-hydrogen) atoms. The highest BCUT2D eigenvalue weighted by molar-refractivity contribution is 14.1. The summed E-state index contributed by atoms with van der Waals surface area (Å²) in [5.41, 5.74) is -0.691. The molecule has 4 rings (SSSR count). The maximum absolute atomic E-state index is 14.6. The van der Waals surface area contributed by atoms with Crippen LogP contribution in [-0.2, 0) is 6.42 Å². The summed E-state index contributed by atoms with van der Waals surface area (Å²) in [5.74, 6) is -3.69. The molecule has 6 nitrogen and oxygen atoms in total. The molecule has 0 spiro atoms. The van der Waals surface area contributed by atoms with Crippen molar-refractivity contribution in [2.24, 2.45) is 0 Å². The average Bonchev–Trinajstić information content (AvgIpc) is 2.80. The number of amides is 1. The maximum atomic E-state index is 14.6. The Labute approximate surface area is 208 Å². The van der Waals surface area contributed by atoms with E-state index in [0.29, 0.717) is 10.1 Å². The molecule has 0 radical (unpaired) electrons. The van der Waals surface area contributed by atoms with Crippen molar-refractivity contribution in [3.63, 3.8) is 0 Å². The van der Waals surface area contributed by atoms with Crippen LogP contribution in [0.15, 0.2) is 54.9 Å². The molecule has 1 saturated heterocycles. The maximum Gasteiger partial charge on any atom is 0.256 e. The van der Waals surface area contributed by atoms with Crippen molar-refractivity contribution in [1.29, 1.82) is 0 Å². The van der Waals surface area contributed by atoms with Crippen molar-refractivity contribution < 1.29 is 23.1 Å². The van der Waals surface area contributed by atoms with E-state index in [-0.39, 0.29) is 30.9 Å². The van der Waals surface area contributed by atoms with Gasteiger partial charge in [0.2, 0.25) is 0 Å². The fraction of sp³-hybridized carbons (Fsp3) is 0.250. The minimum Gasteiger partial charge on any atom is -0.385 e. The van der Waals surface area contributed by atoms with Crippen LogP contribution in [0.25, 0.3) is 0 Å². The molecule has 0 atom stereocenters. The minimum absolute atomic E-state index is 0.0322. The molecular formula is C24H22F3IN4O2. The van der Waals surface area contributed by atoms with Crippen LogP contribution < -0.4 is 10.6 Å². The molecule has 1 amide bonds. The van der Waals surface area contributed by atoms with Gasteiger partial charge >= 0.3 is 0 Å². The standard InChI is InChI=1S/C24H22F3IN4O2/c25-18-3-2-17(22(21(18)27)31-20-4-1-16(28)11-19(20)26)23(33)32-13-24(34,14-32)12-30-10-7-15-5-8-29-9-6-15/h1-6,8-9,11,30-31,34H,7,10,12-14H2. The molecule has 1 aliphatic heterocycles. The SMILES string of the molecule is O=C(c1ccc(F)c(F)c1Nc1ccc(I)cc1F)N1CC(O)(CNCCc2ccncc2)C1. The van der Waals surface area contributed by atoms with Gasteiger partial charge in [0.25, 0.3) is 5.91 Å². The van der Waals surface area contributed by atoms with Gasteiger partial charge in [0, 0.05) is 22.5 Å². The number of carbonyl (C=O) groups excluding carboxylic acids is 1. The summed E-state index contributed by atoms with van der Waals surface area (Å²) in [6.07, 6.45) is 4.19. The van der Waals surface area contributed by atoms with Crippen molar-refractivity contribution in [3.05, 3.63) is 87.0 Å². The van der Waals surface area contributed by atoms with Crippen LogP contribution in [0, 0.1) is 21.0 Å². The number of pyridine rings is 1. The third-order valence-corrected chi connectivity index (χ3v) is 6.24. The van der Waals surface area contributed by atoms with Crippen LogP contribution in [0.2, 0.25) is 0 Å². The molecule has 0 saturated carbocycles. The third-order valence-electron chi connectivity index (χ3n) is 5.57. The lowest BCUT2D eigenvalue weighted by Gasteiger charge is -2.46. The predicted molar refractivity (Wildman–Crippen MR) is 130 cm³/mol. The van der Waals surface area contributed by atoms with Gasteiger partial charge in [-0.25, -0.2) is 13.2 Å². The number of nitrogens with one attached hydrogen (secondary N) is 2. The zero-order valence-corrected chi connectivity index (χ0v) is 20.2. The Morgan fingerprint density at radius 2 is 1.82 bits per heavy atom. The Hall–Kier alpha value is -2.70. The number of aliphatic hydroxyl groups is 1. The quantitative estimate of drug-likeness (QED) is 0.278. The number of benzene rings is 2. The lowest BCUT2D eigenvalue weighted by Crippen LogP contribution is -2.67. The summed E-state index contributed by atoms with van der Waals surface area (Å²) in [4.78, 5) is 18.3. The van der Waals surface area contributed by atoms with Gasteiger partial charge in [0.15, 0.2) is 11.6 Å². The number of anilines is 2. The molecule has 3 N–H and O–H groups in total. The van der Waals surface area contributed by atoms with Crippen LogP contribution in [0.5, 0.6) is 0 Å². The summed E-state index contributed by atoms with van der Waals surface area (Å²) >= 11 is 1.93. The smallest absolute Gasteiger partial charge is 0.256 e. The van der Waals surface area contributed by atoms with Crippen LogP contribution >= 0.6 is 22.6 Å². The number of halogens is 4. The van der Waals surface area contributed by atoms with E-state index in [4.69, 9.17) is 0 Å². The molecule has 10 heteroatoms. The summed E-state index contributed by atoms with van der Waals surface area (Å²) in [6, 6.07) is 10.0. The summed E-state index contributed by atoms with van der Waals surface area (Å²) < 4.78 is 43.4. The molecular weight excluding hydrogens is 560 g/mol. The summed E-state index contributed by atoms with van der Waals surface area (Å²) in [6.45, 7) is 0.979. The monoisotopic (exact) mass is 582 g/mol. The van der Waals surface area contributed by atoms with Gasteiger partial charge in [-0.15, -0.1) is 0 Å². The Bertz CT molecular complexity index is 1190. The van der Waals surface area contributed by atoms with E-state index in [1.54, 1.807) is 18.5 Å². The molecule has 1 aliphatic rings. The van der Waals surface area contributed by atoms with Gasteiger partial charge in [0.1, 0.15) is 11.4 Å². The molecule has 0 aliphatic carbocycles. The first-order valence-corrected chi connectivity index (χ1v) is 11.6. The first-order valence-electron chi connectivity index (χ1n) is 10.6. The van der Waals surface area contributed by atoms with Crippen LogP contribution in [0.1, 0.15) is 15.9 Å². The second kappa shape index (κ2) is 10.3. The van der Waals surface area contributed by atoms with Gasteiger partial charge in [-0.2, -0.15) is 0 Å². The predicted octanol–water partition coefficient (Wildman–Crippen LogP) is 3.87. The topological polar surface area (TPSA) is 77.5 Å². The molecule has 1 aromatic heterocycles. The Morgan fingerprint density at radius 1 is 1.09 bits per heavy atom. The lowest BCUT2D eigenvalue weighted by molar-refractivity contribution is -0.0783. The van der Waals surface area contributed by atoms with E-state index >= 15 is 0 Å². The zero-order valence-electron chi connectivity index (χ0n) is 18.0. The first kappa shape index (κ1) is 24.4. The molecule has 178 valence electrons. The average molecular weight is 582 g/mol. The molecule has 0 bridgehead atoms. The van der Waals surface area contributed by atoms with Gasteiger partial charge in [0.05, 0.1) is 30.0 Å². The normalized spacial score (nSPS) is 14.6. The van der Waals surface area contributed by atoms with Gasteiger partial charge < -0.3 is 20.6 Å². The number of likely N-dealkylation sites (tertiary alicyclic amines) is 1. The minimum atomic E-state index is -1.28. The molecule has 3 aromatic rings. The number of hydrogen-bond donors (Lipinski definition) is 3. The molecule has 2 heterocycles. The van der Waals surface area contributed by atoms with Crippen molar-refractivity contribution in [2.75, 3.05) is 31.5 Å². The fourth-order valence-corrected chi connectivity index (χ4v) is 4.22. The van der Waals surface area contributed by atoms with Gasteiger partial charge in [-0.3, -0.25) is 9.78 Å². The van der Waals surface area contributed by atoms with Gasteiger partial charge in [-0.1, -0.05) is 0 Å². The number of carbonyl (C=O) groups is 1. The molecule has 2 aromatic carbocycles. The second-order valence-corrected chi connectivity index (χ2v) is 9.45. The van der Waals surface area contributed by atoms with E-state index in [9.17, 15) is 23.1 Å². The number of hydrogen-bond acceptors (Lipinski definition) is 5. The van der Waals surface area contributed by atoms with E-state index in [1.165, 1.54) is 17.0 Å². The molecule has 0 unspecified atom stereocenters. The van der Waals surface area contributed by atoms with Crippen LogP contribution in [-0.4, -0.2) is 52.7 Å². The number of rotatable bonds is 8. The summed E-state index contributed by atoms with van der Waals surface area (Å²) in [5, 5.41) is 16.4. The third kappa shape index (κ3) is 5.50. The Kier molecular flexibility index (Phi) is 7.39. The highest BCUT2D eigenvalue weighted by atomic mass is 127. The van der Waals surface area contributed by atoms with E-state index < -0.39 is 34.6 Å². The second-order valence-electron chi connectivity index (χ2n) is 8.20. The van der Waals surface area contributed by atoms with E-state index in [2.05, 4.69) is 15.6 Å². The number of aromatic nitrogens is 1. The largest absolute Gasteiger partial charge is 0.385 e. The Balaban J connectivity index is 1.40. The Morgan fingerprint density at radius 3 is 2.53 bits per heavy atom. The fourth-order valence-electron chi connectivity index (χ4n) is 3.77. The highest BCUT2D eigenvalue weighted by Gasteiger charge is 2.44. The molecule has 1 fully saturated rings. The number of β-amino-alcohol motifs (C(OH)–C–C–N with tert-alkyl or cyclic N) is 1. The van der Waals surface area contributed by atoms with Crippen LogP contribution in [0.4, 0.5) is 24.5 Å². The van der Waals surface area contributed by atoms with Crippen molar-refractivity contribution in [1.82, 2.24) is 15.2 Å². The first-order chi connectivity index (χ1) is 16.3. The highest BCUT2D eigenvalue weighted by Crippen LogP contribution is 2.31. The summed E-state index contributed by atoms with van der Waals surface area (Å²) in [7, 11) is 0.